The lowest BCUT2D eigenvalue weighted by atomic mass is 10.0. The topological polar surface area (TPSA) is 55.6 Å². The fourth-order valence-corrected chi connectivity index (χ4v) is 7.51. The Hall–Kier alpha value is -6.85. The molecule has 11 aromatic rings. The Bertz CT molecular complexity index is 3090. The summed E-state index contributed by atoms with van der Waals surface area (Å²) < 4.78 is 19.4. The van der Waals surface area contributed by atoms with Crippen molar-refractivity contribution in [3.05, 3.63) is 158 Å². The van der Waals surface area contributed by atoms with Crippen molar-refractivity contribution >= 4 is 93.6 Å². The van der Waals surface area contributed by atoms with Gasteiger partial charge in [0.25, 0.3) is 0 Å². The molecule has 0 aliphatic heterocycles. The SMILES string of the molecule is c1ccc2cc(N(c3ccc4c(c3)oc3c5ccccc5ccc43)c3ccc4c(c3)oc3cccc(-c5nc6ccccc6o5)c34)ccc2c1. The van der Waals surface area contributed by atoms with Gasteiger partial charge in [-0.3, -0.25) is 0 Å². The zero-order valence-electron chi connectivity index (χ0n) is 26.6. The molecule has 0 saturated carbocycles. The number of aromatic nitrogens is 1. The van der Waals surface area contributed by atoms with Crippen LogP contribution in [0.2, 0.25) is 0 Å². The summed E-state index contributed by atoms with van der Waals surface area (Å²) in [5.41, 5.74) is 8.79. The minimum atomic E-state index is 0.577. The van der Waals surface area contributed by atoms with Gasteiger partial charge >= 0.3 is 0 Å². The van der Waals surface area contributed by atoms with E-state index in [9.17, 15) is 0 Å². The van der Waals surface area contributed by atoms with Gasteiger partial charge in [-0.15, -0.1) is 0 Å². The molecule has 0 unspecified atom stereocenters. The Kier molecular flexibility index (Phi) is 5.60. The minimum Gasteiger partial charge on any atom is -0.456 e. The standard InChI is InChI=1S/C45H26N2O3/c1-2-10-29-24-30(18-16-27(29)8-1)47(31-19-22-34-35-21-17-28-9-3-4-11-33(28)44(35)49-41(34)25-31)32-20-23-36-42(26-32)48-40-15-7-12-37(43(36)40)45-46-38-13-5-6-14-39(38)50-45/h1-26H. The molecule has 8 aromatic carbocycles. The summed E-state index contributed by atoms with van der Waals surface area (Å²) in [4.78, 5) is 7.07. The normalized spacial score (nSPS) is 12.0. The first-order valence-corrected chi connectivity index (χ1v) is 16.7. The average molecular weight is 643 g/mol. The van der Waals surface area contributed by atoms with Crippen molar-refractivity contribution in [1.82, 2.24) is 4.98 Å². The van der Waals surface area contributed by atoms with Gasteiger partial charge in [0.15, 0.2) is 5.58 Å². The number of hydrogen-bond acceptors (Lipinski definition) is 5. The van der Waals surface area contributed by atoms with E-state index < -0.39 is 0 Å². The van der Waals surface area contributed by atoms with Crippen LogP contribution in [0.3, 0.4) is 0 Å². The summed E-state index contributed by atoms with van der Waals surface area (Å²) in [6.07, 6.45) is 0. The fraction of sp³-hybridized carbons (Fsp3) is 0. The van der Waals surface area contributed by atoms with Gasteiger partial charge in [-0.05, 0) is 82.9 Å². The summed E-state index contributed by atoms with van der Waals surface area (Å²) in [6.45, 7) is 0. The molecule has 0 radical (unpaired) electrons. The highest BCUT2D eigenvalue weighted by atomic mass is 16.4. The van der Waals surface area contributed by atoms with Crippen molar-refractivity contribution in [2.24, 2.45) is 0 Å². The molecule has 50 heavy (non-hydrogen) atoms. The maximum Gasteiger partial charge on any atom is 0.228 e. The highest BCUT2D eigenvalue weighted by Gasteiger charge is 2.21. The third kappa shape index (κ3) is 4.04. The maximum atomic E-state index is 6.63. The van der Waals surface area contributed by atoms with E-state index in [1.165, 1.54) is 10.8 Å². The summed E-state index contributed by atoms with van der Waals surface area (Å²) in [5.74, 6) is 0.577. The van der Waals surface area contributed by atoms with Crippen molar-refractivity contribution in [2.45, 2.75) is 0 Å². The molecule has 0 aliphatic rings. The smallest absolute Gasteiger partial charge is 0.228 e. The molecular weight excluding hydrogens is 617 g/mol. The second-order valence-corrected chi connectivity index (χ2v) is 12.8. The van der Waals surface area contributed by atoms with Crippen molar-refractivity contribution in [1.29, 1.82) is 0 Å². The molecule has 0 N–H and O–H groups in total. The molecule has 0 fully saturated rings. The van der Waals surface area contributed by atoms with Crippen LogP contribution in [0.1, 0.15) is 0 Å². The van der Waals surface area contributed by atoms with Crippen LogP contribution < -0.4 is 4.90 Å². The van der Waals surface area contributed by atoms with Crippen molar-refractivity contribution in [3.8, 4) is 11.5 Å². The van der Waals surface area contributed by atoms with Crippen LogP contribution in [-0.4, -0.2) is 4.98 Å². The van der Waals surface area contributed by atoms with Crippen molar-refractivity contribution in [3.63, 3.8) is 0 Å². The van der Waals surface area contributed by atoms with Crippen LogP contribution in [-0.2, 0) is 0 Å². The minimum absolute atomic E-state index is 0.577. The first kappa shape index (κ1) is 27.1. The van der Waals surface area contributed by atoms with E-state index in [1.54, 1.807) is 0 Å². The van der Waals surface area contributed by atoms with Crippen LogP contribution in [0.15, 0.2) is 171 Å². The maximum absolute atomic E-state index is 6.63. The lowest BCUT2D eigenvalue weighted by Crippen LogP contribution is -2.09. The largest absolute Gasteiger partial charge is 0.456 e. The predicted molar refractivity (Wildman–Crippen MR) is 204 cm³/mol. The third-order valence-corrected chi connectivity index (χ3v) is 9.86. The van der Waals surface area contributed by atoms with E-state index in [0.717, 1.165) is 88.4 Å². The van der Waals surface area contributed by atoms with E-state index >= 15 is 0 Å². The number of nitrogens with zero attached hydrogens (tertiary/aromatic N) is 2. The summed E-state index contributed by atoms with van der Waals surface area (Å²) >= 11 is 0. The summed E-state index contributed by atoms with van der Waals surface area (Å²) in [6, 6.07) is 54.5. The van der Waals surface area contributed by atoms with E-state index in [0.29, 0.717) is 5.89 Å². The van der Waals surface area contributed by atoms with Gasteiger partial charge < -0.3 is 18.2 Å². The quantitative estimate of drug-likeness (QED) is 0.191. The van der Waals surface area contributed by atoms with Gasteiger partial charge in [0.1, 0.15) is 27.8 Å². The van der Waals surface area contributed by atoms with Crippen LogP contribution >= 0.6 is 0 Å². The zero-order valence-corrected chi connectivity index (χ0v) is 26.6. The van der Waals surface area contributed by atoms with Gasteiger partial charge in [-0.1, -0.05) is 78.9 Å². The van der Waals surface area contributed by atoms with E-state index in [4.69, 9.17) is 18.2 Å². The molecule has 0 atom stereocenters. The van der Waals surface area contributed by atoms with Gasteiger partial charge in [0.2, 0.25) is 5.89 Å². The second-order valence-electron chi connectivity index (χ2n) is 12.8. The Morgan fingerprint density at radius 2 is 1.06 bits per heavy atom. The first-order valence-electron chi connectivity index (χ1n) is 16.7. The van der Waals surface area contributed by atoms with E-state index in [-0.39, 0.29) is 0 Å². The summed E-state index contributed by atoms with van der Waals surface area (Å²) in [7, 11) is 0. The molecule has 0 saturated heterocycles. The van der Waals surface area contributed by atoms with Crippen molar-refractivity contribution < 1.29 is 13.3 Å². The molecule has 11 rings (SSSR count). The first-order chi connectivity index (χ1) is 24.7. The molecule has 0 bridgehead atoms. The number of fused-ring (bicyclic) bond motifs is 10. The number of benzene rings is 8. The number of anilines is 3. The van der Waals surface area contributed by atoms with Gasteiger partial charge in [0.05, 0.1) is 0 Å². The monoisotopic (exact) mass is 642 g/mol. The lowest BCUT2D eigenvalue weighted by Gasteiger charge is -2.25. The fourth-order valence-electron chi connectivity index (χ4n) is 7.51. The second kappa shape index (κ2) is 10.3. The van der Waals surface area contributed by atoms with Crippen LogP contribution in [0.5, 0.6) is 0 Å². The molecule has 234 valence electrons. The lowest BCUT2D eigenvalue weighted by molar-refractivity contribution is 0.620. The van der Waals surface area contributed by atoms with Crippen LogP contribution in [0.4, 0.5) is 17.1 Å². The molecule has 0 spiro atoms. The van der Waals surface area contributed by atoms with Crippen LogP contribution in [0, 0.1) is 0 Å². The highest BCUT2D eigenvalue weighted by Crippen LogP contribution is 2.43. The molecule has 0 amide bonds. The Balaban J connectivity index is 1.11. The Labute approximate surface area is 285 Å². The Morgan fingerprint density at radius 1 is 0.400 bits per heavy atom. The van der Waals surface area contributed by atoms with E-state index in [2.05, 4.69) is 120 Å². The summed E-state index contributed by atoms with van der Waals surface area (Å²) in [5, 5.41) is 8.81. The number of oxazole rings is 1. The predicted octanol–water partition coefficient (Wildman–Crippen LogP) is 13.1. The van der Waals surface area contributed by atoms with Crippen LogP contribution in [0.25, 0.3) is 88.0 Å². The van der Waals surface area contributed by atoms with E-state index in [1.807, 2.05) is 42.5 Å². The number of rotatable bonds is 4. The number of hydrogen-bond donors (Lipinski definition) is 0. The van der Waals surface area contributed by atoms with Gasteiger partial charge in [-0.25, -0.2) is 4.98 Å². The van der Waals surface area contributed by atoms with Gasteiger partial charge in [-0.2, -0.15) is 0 Å². The molecule has 3 aromatic heterocycles. The number of para-hydroxylation sites is 2. The van der Waals surface area contributed by atoms with Crippen molar-refractivity contribution in [2.75, 3.05) is 4.90 Å². The average Bonchev–Trinajstić information content (AvgIpc) is 3.88. The highest BCUT2D eigenvalue weighted by molar-refractivity contribution is 6.16. The molecule has 3 heterocycles. The van der Waals surface area contributed by atoms with Gasteiger partial charge in [0, 0.05) is 61.7 Å². The third-order valence-electron chi connectivity index (χ3n) is 9.86. The molecule has 5 heteroatoms. The molecule has 5 nitrogen and oxygen atoms in total. The molecular formula is C45H26N2O3. The zero-order chi connectivity index (χ0) is 32.8. The number of furan rings is 2. The Morgan fingerprint density at radius 3 is 1.94 bits per heavy atom. The molecule has 0 aliphatic carbocycles.